The summed E-state index contributed by atoms with van der Waals surface area (Å²) in [7, 11) is 1.84. The summed E-state index contributed by atoms with van der Waals surface area (Å²) >= 11 is 0. The number of aryl methyl sites for hydroxylation is 3. The highest BCUT2D eigenvalue weighted by molar-refractivity contribution is 5.68. The van der Waals surface area contributed by atoms with Crippen LogP contribution in [-0.2, 0) is 24.1 Å². The first-order chi connectivity index (χ1) is 15.6. The number of anilines is 1. The van der Waals surface area contributed by atoms with Crippen molar-refractivity contribution >= 4 is 5.82 Å². The van der Waals surface area contributed by atoms with Gasteiger partial charge in [0.2, 0.25) is 0 Å². The molecule has 1 atom stereocenters. The van der Waals surface area contributed by atoms with Crippen LogP contribution >= 0.6 is 0 Å². The zero-order valence-electron chi connectivity index (χ0n) is 20.5. The van der Waals surface area contributed by atoms with Crippen molar-refractivity contribution in [3.8, 4) is 11.4 Å². The van der Waals surface area contributed by atoms with Crippen LogP contribution in [-0.4, -0.2) is 54.3 Å². The van der Waals surface area contributed by atoms with Gasteiger partial charge in [-0.2, -0.15) is 0 Å². The normalized spacial score (nSPS) is 20.0. The van der Waals surface area contributed by atoms with Crippen molar-refractivity contribution < 1.29 is 4.74 Å². The van der Waals surface area contributed by atoms with Crippen molar-refractivity contribution in [2.45, 2.75) is 78.4 Å². The minimum atomic E-state index is 0.339. The van der Waals surface area contributed by atoms with Crippen molar-refractivity contribution in [3.63, 3.8) is 0 Å². The van der Waals surface area contributed by atoms with E-state index in [1.54, 1.807) is 0 Å². The first-order valence-corrected chi connectivity index (χ1v) is 12.6. The molecule has 0 saturated carbocycles. The molecule has 0 amide bonds. The van der Waals surface area contributed by atoms with Gasteiger partial charge in [-0.15, -0.1) is 0 Å². The van der Waals surface area contributed by atoms with E-state index >= 15 is 0 Å². The molecule has 0 spiro atoms. The van der Waals surface area contributed by atoms with Gasteiger partial charge in [-0.3, -0.25) is 4.90 Å². The number of aromatic nitrogens is 2. The van der Waals surface area contributed by atoms with Crippen LogP contribution < -0.4 is 4.90 Å². The van der Waals surface area contributed by atoms with Crippen LogP contribution in [0.5, 0.6) is 0 Å². The maximum atomic E-state index is 5.68. The van der Waals surface area contributed by atoms with Gasteiger partial charge in [-0.1, -0.05) is 32.0 Å². The highest BCUT2D eigenvalue weighted by atomic mass is 16.5. The van der Waals surface area contributed by atoms with E-state index in [1.807, 2.05) is 7.11 Å². The summed E-state index contributed by atoms with van der Waals surface area (Å²) in [6.07, 6.45) is 8.51. The molecule has 0 radical (unpaired) electrons. The van der Waals surface area contributed by atoms with Gasteiger partial charge in [0.1, 0.15) is 5.82 Å². The SMILES string of the molecule is CCc1cccc(CC)c1-c1nc(C)c(CN2CCCC(OC)C2)c(N2CCCCC2)n1. The van der Waals surface area contributed by atoms with E-state index in [1.165, 1.54) is 53.8 Å². The number of hydrogen-bond acceptors (Lipinski definition) is 5. The summed E-state index contributed by atoms with van der Waals surface area (Å²) in [6, 6.07) is 6.65. The minimum absolute atomic E-state index is 0.339. The number of rotatable bonds is 7. The fourth-order valence-corrected chi connectivity index (χ4v) is 5.35. The smallest absolute Gasteiger partial charge is 0.162 e. The maximum Gasteiger partial charge on any atom is 0.162 e. The van der Waals surface area contributed by atoms with Crippen molar-refractivity contribution in [1.82, 2.24) is 14.9 Å². The summed E-state index contributed by atoms with van der Waals surface area (Å²) in [5.74, 6) is 2.08. The Bertz CT molecular complexity index is 885. The molecule has 4 rings (SSSR count). The number of methoxy groups -OCH3 is 1. The molecule has 1 aromatic heterocycles. The van der Waals surface area contributed by atoms with Crippen molar-refractivity contribution in [2.24, 2.45) is 0 Å². The fourth-order valence-electron chi connectivity index (χ4n) is 5.35. The standard InChI is InChI=1S/C27H40N4O/c1-5-21-12-10-13-22(6-2)25(21)26-28-20(3)24(19-30-15-11-14-23(18-30)32-4)27(29-26)31-16-8-7-9-17-31/h10,12-13,23H,5-9,11,14-19H2,1-4H3. The van der Waals surface area contributed by atoms with E-state index in [9.17, 15) is 0 Å². The zero-order chi connectivity index (χ0) is 22.5. The minimum Gasteiger partial charge on any atom is -0.380 e. The molecule has 174 valence electrons. The molecule has 2 aliphatic heterocycles. The van der Waals surface area contributed by atoms with Gasteiger partial charge in [0.15, 0.2) is 5.82 Å². The van der Waals surface area contributed by atoms with E-state index in [0.717, 1.165) is 63.5 Å². The molecule has 5 heteroatoms. The Labute approximate surface area is 194 Å². The molecule has 1 unspecified atom stereocenters. The van der Waals surface area contributed by atoms with E-state index < -0.39 is 0 Å². The van der Waals surface area contributed by atoms with E-state index in [0.29, 0.717) is 6.10 Å². The molecular formula is C27H40N4O. The number of hydrogen-bond donors (Lipinski definition) is 0. The van der Waals surface area contributed by atoms with Crippen LogP contribution in [0.2, 0.25) is 0 Å². The van der Waals surface area contributed by atoms with Crippen LogP contribution in [0.15, 0.2) is 18.2 Å². The lowest BCUT2D eigenvalue weighted by atomic mass is 9.96. The predicted octanol–water partition coefficient (Wildman–Crippen LogP) is 5.18. The van der Waals surface area contributed by atoms with Crippen LogP contribution in [0.1, 0.15) is 68.3 Å². The second-order valence-corrected chi connectivity index (χ2v) is 9.38. The highest BCUT2D eigenvalue weighted by Crippen LogP contribution is 2.32. The molecular weight excluding hydrogens is 396 g/mol. The van der Waals surface area contributed by atoms with Gasteiger partial charge >= 0.3 is 0 Å². The van der Waals surface area contributed by atoms with Gasteiger partial charge in [-0.05, 0) is 69.5 Å². The van der Waals surface area contributed by atoms with Crippen molar-refractivity contribution in [2.75, 3.05) is 38.2 Å². The predicted molar refractivity (Wildman–Crippen MR) is 132 cm³/mol. The lowest BCUT2D eigenvalue weighted by Crippen LogP contribution is -2.39. The number of ether oxygens (including phenoxy) is 1. The molecule has 0 aliphatic carbocycles. The van der Waals surface area contributed by atoms with Gasteiger partial charge in [-0.25, -0.2) is 9.97 Å². The molecule has 1 aromatic carbocycles. The Hall–Kier alpha value is -1.98. The molecule has 2 aromatic rings. The molecule has 2 aliphatic rings. The fraction of sp³-hybridized carbons (Fsp3) is 0.630. The average Bonchev–Trinajstić information content (AvgIpc) is 2.85. The zero-order valence-corrected chi connectivity index (χ0v) is 20.5. The molecule has 5 nitrogen and oxygen atoms in total. The summed E-state index contributed by atoms with van der Waals surface area (Å²) in [4.78, 5) is 15.5. The van der Waals surface area contributed by atoms with Gasteiger partial charge in [0.05, 0.1) is 6.10 Å². The topological polar surface area (TPSA) is 41.5 Å². The Morgan fingerprint density at radius 3 is 2.34 bits per heavy atom. The third-order valence-corrected chi connectivity index (χ3v) is 7.25. The van der Waals surface area contributed by atoms with Crippen LogP contribution in [0.3, 0.4) is 0 Å². The van der Waals surface area contributed by atoms with E-state index in [4.69, 9.17) is 14.7 Å². The number of benzene rings is 1. The van der Waals surface area contributed by atoms with Gasteiger partial charge in [0.25, 0.3) is 0 Å². The highest BCUT2D eigenvalue weighted by Gasteiger charge is 2.25. The summed E-state index contributed by atoms with van der Waals surface area (Å²) < 4.78 is 5.68. The lowest BCUT2D eigenvalue weighted by Gasteiger charge is -2.35. The van der Waals surface area contributed by atoms with Gasteiger partial charge < -0.3 is 9.64 Å². The second-order valence-electron chi connectivity index (χ2n) is 9.38. The summed E-state index contributed by atoms with van der Waals surface area (Å²) in [5.41, 5.74) is 6.38. The lowest BCUT2D eigenvalue weighted by molar-refractivity contribution is 0.0284. The number of likely N-dealkylation sites (tertiary alicyclic amines) is 1. The van der Waals surface area contributed by atoms with E-state index in [-0.39, 0.29) is 0 Å². The largest absolute Gasteiger partial charge is 0.380 e. The third kappa shape index (κ3) is 4.99. The molecule has 2 fully saturated rings. The van der Waals surface area contributed by atoms with Gasteiger partial charge in [0, 0.05) is 50.1 Å². The van der Waals surface area contributed by atoms with Crippen molar-refractivity contribution in [1.29, 1.82) is 0 Å². The van der Waals surface area contributed by atoms with Crippen LogP contribution in [0, 0.1) is 6.92 Å². The quantitative estimate of drug-likeness (QED) is 0.598. The Balaban J connectivity index is 1.76. The van der Waals surface area contributed by atoms with Crippen molar-refractivity contribution in [3.05, 3.63) is 40.6 Å². The Kier molecular flexibility index (Phi) is 7.80. The average molecular weight is 437 g/mol. The van der Waals surface area contributed by atoms with Crippen LogP contribution in [0.4, 0.5) is 5.82 Å². The first-order valence-electron chi connectivity index (χ1n) is 12.6. The first kappa shape index (κ1) is 23.2. The second kappa shape index (κ2) is 10.8. The number of nitrogens with zero attached hydrogens (tertiary/aromatic N) is 4. The maximum absolute atomic E-state index is 5.68. The van der Waals surface area contributed by atoms with Crippen LogP contribution in [0.25, 0.3) is 11.4 Å². The Morgan fingerprint density at radius 1 is 0.969 bits per heavy atom. The summed E-state index contributed by atoms with van der Waals surface area (Å²) in [6.45, 7) is 11.9. The summed E-state index contributed by atoms with van der Waals surface area (Å²) in [5, 5.41) is 0. The number of piperidine rings is 2. The molecule has 32 heavy (non-hydrogen) atoms. The monoisotopic (exact) mass is 436 g/mol. The van der Waals surface area contributed by atoms with E-state index in [2.05, 4.69) is 48.8 Å². The molecule has 2 saturated heterocycles. The molecule has 0 bridgehead atoms. The third-order valence-electron chi connectivity index (χ3n) is 7.25. The molecule has 3 heterocycles. The molecule has 0 N–H and O–H groups in total. The Morgan fingerprint density at radius 2 is 1.69 bits per heavy atom.